The van der Waals surface area contributed by atoms with Crippen LogP contribution in [0, 0.1) is 5.41 Å². The fourth-order valence-corrected chi connectivity index (χ4v) is 4.02. The summed E-state index contributed by atoms with van der Waals surface area (Å²) in [6.45, 7) is 8.48. The summed E-state index contributed by atoms with van der Waals surface area (Å²) in [4.78, 5) is 2.57. The third-order valence-electron chi connectivity index (χ3n) is 5.11. The van der Waals surface area contributed by atoms with Crippen LogP contribution >= 0.6 is 0 Å². The van der Waals surface area contributed by atoms with Gasteiger partial charge in [0.15, 0.2) is 0 Å². The number of benzene rings is 1. The standard InChI is InChI=1S/C19H30N2/c1-19(2)10-6-9-18(14-19)20-17-8-5-7-16(13-17)15-21-11-3-4-12-21/h5,7-8,13,18,20H,3-4,6,9-12,14-15H2,1-2H3. The second-order valence-electron chi connectivity index (χ2n) is 7.79. The van der Waals surface area contributed by atoms with Gasteiger partial charge in [-0.25, -0.2) is 0 Å². The van der Waals surface area contributed by atoms with Crippen LogP contribution in [0.2, 0.25) is 0 Å². The number of likely N-dealkylation sites (tertiary alicyclic amines) is 1. The van der Waals surface area contributed by atoms with Gasteiger partial charge in [0.2, 0.25) is 0 Å². The highest BCUT2D eigenvalue weighted by atomic mass is 15.1. The van der Waals surface area contributed by atoms with Crippen molar-refractivity contribution in [1.29, 1.82) is 0 Å². The van der Waals surface area contributed by atoms with Crippen LogP contribution in [-0.4, -0.2) is 24.0 Å². The van der Waals surface area contributed by atoms with Gasteiger partial charge >= 0.3 is 0 Å². The summed E-state index contributed by atoms with van der Waals surface area (Å²) in [7, 11) is 0. The molecule has 1 unspecified atom stereocenters. The summed E-state index contributed by atoms with van der Waals surface area (Å²) in [6.07, 6.45) is 8.09. The third-order valence-corrected chi connectivity index (χ3v) is 5.11. The molecule has 2 aliphatic rings. The minimum Gasteiger partial charge on any atom is -0.382 e. The number of hydrogen-bond donors (Lipinski definition) is 1. The van der Waals surface area contributed by atoms with Gasteiger partial charge in [-0.15, -0.1) is 0 Å². The largest absolute Gasteiger partial charge is 0.382 e. The van der Waals surface area contributed by atoms with Crippen molar-refractivity contribution in [3.8, 4) is 0 Å². The Morgan fingerprint density at radius 3 is 2.76 bits per heavy atom. The van der Waals surface area contributed by atoms with Crippen LogP contribution in [0.25, 0.3) is 0 Å². The van der Waals surface area contributed by atoms with Crippen LogP contribution in [0.15, 0.2) is 24.3 Å². The van der Waals surface area contributed by atoms with Gasteiger partial charge in [0.05, 0.1) is 0 Å². The first-order valence-electron chi connectivity index (χ1n) is 8.69. The molecule has 1 aliphatic heterocycles. The molecule has 21 heavy (non-hydrogen) atoms. The molecule has 1 atom stereocenters. The molecule has 3 rings (SSSR count). The number of anilines is 1. The van der Waals surface area contributed by atoms with Gasteiger partial charge in [-0.2, -0.15) is 0 Å². The van der Waals surface area contributed by atoms with Gasteiger partial charge in [-0.05, 0) is 68.3 Å². The van der Waals surface area contributed by atoms with E-state index < -0.39 is 0 Å². The Labute approximate surface area is 129 Å². The molecular formula is C19H30N2. The predicted molar refractivity (Wildman–Crippen MR) is 90.6 cm³/mol. The highest BCUT2D eigenvalue weighted by Crippen LogP contribution is 2.36. The van der Waals surface area contributed by atoms with E-state index in [0.29, 0.717) is 11.5 Å². The lowest BCUT2D eigenvalue weighted by Gasteiger charge is -2.36. The molecule has 2 nitrogen and oxygen atoms in total. The first-order chi connectivity index (χ1) is 10.1. The van der Waals surface area contributed by atoms with E-state index in [1.807, 2.05) is 0 Å². The van der Waals surface area contributed by atoms with E-state index in [9.17, 15) is 0 Å². The molecule has 0 aromatic heterocycles. The molecule has 2 heteroatoms. The highest BCUT2D eigenvalue weighted by Gasteiger charge is 2.27. The molecule has 1 aromatic carbocycles. The topological polar surface area (TPSA) is 15.3 Å². The lowest BCUT2D eigenvalue weighted by Crippen LogP contribution is -2.31. The maximum absolute atomic E-state index is 3.78. The average molecular weight is 286 g/mol. The average Bonchev–Trinajstić information content (AvgIpc) is 2.91. The first-order valence-corrected chi connectivity index (χ1v) is 8.69. The van der Waals surface area contributed by atoms with E-state index in [1.165, 1.54) is 62.9 Å². The lowest BCUT2D eigenvalue weighted by molar-refractivity contribution is 0.229. The van der Waals surface area contributed by atoms with Crippen LogP contribution in [0.3, 0.4) is 0 Å². The van der Waals surface area contributed by atoms with Crippen molar-refractivity contribution in [2.75, 3.05) is 18.4 Å². The summed E-state index contributed by atoms with van der Waals surface area (Å²) < 4.78 is 0. The Kier molecular flexibility index (Phi) is 4.54. The number of rotatable bonds is 4. The van der Waals surface area contributed by atoms with Crippen LogP contribution in [0.4, 0.5) is 5.69 Å². The second-order valence-corrected chi connectivity index (χ2v) is 7.79. The Morgan fingerprint density at radius 1 is 1.19 bits per heavy atom. The molecule has 1 heterocycles. The van der Waals surface area contributed by atoms with Crippen LogP contribution < -0.4 is 5.32 Å². The lowest BCUT2D eigenvalue weighted by atomic mass is 9.75. The monoisotopic (exact) mass is 286 g/mol. The Bertz CT molecular complexity index is 460. The maximum atomic E-state index is 3.78. The SMILES string of the molecule is CC1(C)CCCC(Nc2cccc(CN3CCCC3)c2)C1. The molecular weight excluding hydrogens is 256 g/mol. The molecule has 0 amide bonds. The number of hydrogen-bond acceptors (Lipinski definition) is 2. The van der Waals surface area contributed by atoms with E-state index in [2.05, 4.69) is 48.3 Å². The Morgan fingerprint density at radius 2 is 2.00 bits per heavy atom. The van der Waals surface area contributed by atoms with Gasteiger partial charge in [0.25, 0.3) is 0 Å². The molecule has 1 saturated carbocycles. The normalized spacial score (nSPS) is 25.9. The summed E-state index contributed by atoms with van der Waals surface area (Å²) in [5.41, 5.74) is 3.27. The molecule has 1 saturated heterocycles. The maximum Gasteiger partial charge on any atom is 0.0345 e. The fourth-order valence-electron chi connectivity index (χ4n) is 4.02. The summed E-state index contributed by atoms with van der Waals surface area (Å²) in [6, 6.07) is 9.72. The van der Waals surface area contributed by atoms with Gasteiger partial charge in [0, 0.05) is 18.3 Å². The molecule has 1 aliphatic carbocycles. The molecule has 116 valence electrons. The Hall–Kier alpha value is -1.02. The minimum atomic E-state index is 0.503. The zero-order chi connectivity index (χ0) is 14.7. The molecule has 1 aromatic rings. The first kappa shape index (κ1) is 14.9. The molecule has 0 radical (unpaired) electrons. The van der Waals surface area contributed by atoms with Crippen LogP contribution in [-0.2, 0) is 6.54 Å². The summed E-state index contributed by atoms with van der Waals surface area (Å²) >= 11 is 0. The molecule has 0 bridgehead atoms. The van der Waals surface area contributed by atoms with Crippen molar-refractivity contribution in [2.24, 2.45) is 5.41 Å². The third kappa shape index (κ3) is 4.23. The minimum absolute atomic E-state index is 0.503. The van der Waals surface area contributed by atoms with E-state index >= 15 is 0 Å². The number of nitrogens with one attached hydrogen (secondary N) is 1. The van der Waals surface area contributed by atoms with Gasteiger partial charge in [-0.1, -0.05) is 32.4 Å². The smallest absolute Gasteiger partial charge is 0.0345 e. The molecule has 2 fully saturated rings. The van der Waals surface area contributed by atoms with E-state index in [1.54, 1.807) is 0 Å². The van der Waals surface area contributed by atoms with E-state index in [-0.39, 0.29) is 0 Å². The summed E-state index contributed by atoms with van der Waals surface area (Å²) in [5, 5.41) is 3.78. The fraction of sp³-hybridized carbons (Fsp3) is 0.684. The van der Waals surface area contributed by atoms with Crippen LogP contribution in [0.1, 0.15) is 57.9 Å². The highest BCUT2D eigenvalue weighted by molar-refractivity contribution is 5.46. The quantitative estimate of drug-likeness (QED) is 0.865. The van der Waals surface area contributed by atoms with Crippen molar-refractivity contribution in [2.45, 2.75) is 65.0 Å². The number of nitrogens with zero attached hydrogens (tertiary/aromatic N) is 1. The zero-order valence-electron chi connectivity index (χ0n) is 13.7. The van der Waals surface area contributed by atoms with Crippen molar-refractivity contribution in [1.82, 2.24) is 4.90 Å². The van der Waals surface area contributed by atoms with Crippen molar-refractivity contribution < 1.29 is 0 Å². The van der Waals surface area contributed by atoms with Crippen molar-refractivity contribution >= 4 is 5.69 Å². The van der Waals surface area contributed by atoms with E-state index in [4.69, 9.17) is 0 Å². The second kappa shape index (κ2) is 6.39. The summed E-state index contributed by atoms with van der Waals surface area (Å²) in [5.74, 6) is 0. The predicted octanol–water partition coefficient (Wildman–Crippen LogP) is 4.66. The molecule has 1 N–H and O–H groups in total. The van der Waals surface area contributed by atoms with Gasteiger partial charge < -0.3 is 5.32 Å². The Balaban J connectivity index is 1.60. The zero-order valence-corrected chi connectivity index (χ0v) is 13.7. The van der Waals surface area contributed by atoms with Gasteiger partial charge in [-0.3, -0.25) is 4.90 Å². The van der Waals surface area contributed by atoms with E-state index in [0.717, 1.165) is 6.54 Å². The van der Waals surface area contributed by atoms with Crippen molar-refractivity contribution in [3.63, 3.8) is 0 Å². The van der Waals surface area contributed by atoms with Gasteiger partial charge in [0.1, 0.15) is 0 Å². The molecule has 0 spiro atoms. The van der Waals surface area contributed by atoms with Crippen molar-refractivity contribution in [3.05, 3.63) is 29.8 Å². The van der Waals surface area contributed by atoms with Crippen LogP contribution in [0.5, 0.6) is 0 Å².